The third-order valence-electron chi connectivity index (χ3n) is 2.40. The van der Waals surface area contributed by atoms with Gasteiger partial charge >= 0.3 is 5.97 Å². The third-order valence-corrected chi connectivity index (χ3v) is 2.64. The molecule has 1 amide bonds. The fourth-order valence-corrected chi connectivity index (χ4v) is 1.69. The van der Waals surface area contributed by atoms with Crippen LogP contribution in [0.5, 0.6) is 5.75 Å². The Morgan fingerprint density at radius 2 is 2.00 bits per heavy atom. The lowest BCUT2D eigenvalue weighted by molar-refractivity contribution is -0.118. The fraction of sp³-hybridized carbons (Fsp3) is 0.0714. The van der Waals surface area contributed by atoms with Gasteiger partial charge in [-0.25, -0.2) is 9.78 Å². The van der Waals surface area contributed by atoms with Gasteiger partial charge in [-0.3, -0.25) is 4.79 Å². The van der Waals surface area contributed by atoms with Gasteiger partial charge in [0.2, 0.25) is 0 Å². The lowest BCUT2D eigenvalue weighted by Crippen LogP contribution is -2.21. The van der Waals surface area contributed by atoms with E-state index >= 15 is 0 Å². The van der Waals surface area contributed by atoms with Crippen molar-refractivity contribution in [3.8, 4) is 5.75 Å². The molecule has 0 aliphatic heterocycles. The number of anilines is 1. The highest BCUT2D eigenvalue weighted by molar-refractivity contribution is 6.30. The number of aromatic nitrogens is 1. The molecule has 2 aromatic rings. The van der Waals surface area contributed by atoms with Gasteiger partial charge in [-0.1, -0.05) is 23.7 Å². The van der Waals surface area contributed by atoms with E-state index in [9.17, 15) is 9.59 Å². The van der Waals surface area contributed by atoms with Crippen LogP contribution in [-0.2, 0) is 4.79 Å². The summed E-state index contributed by atoms with van der Waals surface area (Å²) in [4.78, 5) is 26.2. The van der Waals surface area contributed by atoms with Crippen molar-refractivity contribution in [1.82, 2.24) is 4.98 Å². The second kappa shape index (κ2) is 6.71. The van der Waals surface area contributed by atoms with Crippen LogP contribution >= 0.6 is 11.6 Å². The Kier molecular flexibility index (Phi) is 4.73. The van der Waals surface area contributed by atoms with Crippen molar-refractivity contribution in [2.24, 2.45) is 0 Å². The van der Waals surface area contributed by atoms with Gasteiger partial charge in [0.1, 0.15) is 11.6 Å². The molecule has 1 aromatic carbocycles. The monoisotopic (exact) mass is 306 g/mol. The average molecular weight is 307 g/mol. The first-order chi connectivity index (χ1) is 10.0. The molecular weight excluding hydrogens is 296 g/mol. The number of amides is 1. The van der Waals surface area contributed by atoms with Crippen molar-refractivity contribution in [2.75, 3.05) is 11.9 Å². The first-order valence-electron chi connectivity index (χ1n) is 5.93. The van der Waals surface area contributed by atoms with Gasteiger partial charge in [-0.15, -0.1) is 0 Å². The quantitative estimate of drug-likeness (QED) is 0.885. The van der Waals surface area contributed by atoms with E-state index in [4.69, 9.17) is 21.4 Å². The zero-order chi connectivity index (χ0) is 15.2. The van der Waals surface area contributed by atoms with E-state index in [1.165, 1.54) is 18.2 Å². The summed E-state index contributed by atoms with van der Waals surface area (Å²) in [7, 11) is 0. The van der Waals surface area contributed by atoms with Crippen LogP contribution in [0.25, 0.3) is 0 Å². The molecule has 0 fully saturated rings. The minimum Gasteiger partial charge on any atom is -0.484 e. The van der Waals surface area contributed by atoms with Gasteiger partial charge in [0.15, 0.2) is 12.3 Å². The number of aromatic carboxylic acids is 1. The highest BCUT2D eigenvalue weighted by atomic mass is 35.5. The van der Waals surface area contributed by atoms with Gasteiger partial charge in [0.05, 0.1) is 0 Å². The minimum atomic E-state index is -1.17. The summed E-state index contributed by atoms with van der Waals surface area (Å²) in [5.41, 5.74) is -0.149. The summed E-state index contributed by atoms with van der Waals surface area (Å²) in [6.45, 7) is -0.237. The number of benzene rings is 1. The summed E-state index contributed by atoms with van der Waals surface area (Å²) >= 11 is 5.79. The predicted molar refractivity (Wildman–Crippen MR) is 76.8 cm³/mol. The number of rotatable bonds is 5. The fourth-order valence-electron chi connectivity index (χ4n) is 1.51. The van der Waals surface area contributed by atoms with Crippen LogP contribution in [0.3, 0.4) is 0 Å². The van der Waals surface area contributed by atoms with E-state index in [1.54, 1.807) is 24.3 Å². The number of carbonyl (C=O) groups is 2. The number of pyridine rings is 1. The highest BCUT2D eigenvalue weighted by Gasteiger charge is 2.08. The Labute approximate surface area is 125 Å². The van der Waals surface area contributed by atoms with Crippen LogP contribution in [0.15, 0.2) is 42.5 Å². The van der Waals surface area contributed by atoms with E-state index < -0.39 is 11.9 Å². The summed E-state index contributed by atoms with van der Waals surface area (Å²) in [5, 5.41) is 11.8. The first kappa shape index (κ1) is 14.8. The van der Waals surface area contributed by atoms with Crippen molar-refractivity contribution in [3.05, 3.63) is 53.2 Å². The number of carbonyl (C=O) groups excluding carboxylic acids is 1. The van der Waals surface area contributed by atoms with Gasteiger partial charge in [0.25, 0.3) is 5.91 Å². The van der Waals surface area contributed by atoms with Crippen molar-refractivity contribution in [3.63, 3.8) is 0 Å². The second-order valence-corrected chi connectivity index (χ2v) is 4.44. The number of nitrogens with zero attached hydrogens (tertiary/aromatic N) is 1. The zero-order valence-corrected chi connectivity index (χ0v) is 11.5. The molecule has 21 heavy (non-hydrogen) atoms. The van der Waals surface area contributed by atoms with E-state index in [0.717, 1.165) is 0 Å². The molecule has 0 unspecified atom stereocenters. The molecule has 0 spiro atoms. The Morgan fingerprint density at radius 1 is 1.24 bits per heavy atom. The SMILES string of the molecule is O=C(COc1cccc(Cl)c1)Nc1cccc(C(=O)O)n1. The number of hydrogen-bond acceptors (Lipinski definition) is 4. The molecule has 0 aliphatic carbocycles. The topological polar surface area (TPSA) is 88.5 Å². The maximum Gasteiger partial charge on any atom is 0.354 e. The lowest BCUT2D eigenvalue weighted by atomic mass is 10.3. The van der Waals surface area contributed by atoms with Crippen LogP contribution in [0, 0.1) is 0 Å². The Morgan fingerprint density at radius 3 is 2.71 bits per heavy atom. The van der Waals surface area contributed by atoms with Gasteiger partial charge in [0, 0.05) is 5.02 Å². The van der Waals surface area contributed by atoms with Crippen LogP contribution in [-0.4, -0.2) is 28.6 Å². The van der Waals surface area contributed by atoms with Crippen LogP contribution in [0.2, 0.25) is 5.02 Å². The molecule has 0 radical (unpaired) electrons. The number of halogens is 1. The number of nitrogens with one attached hydrogen (secondary N) is 1. The smallest absolute Gasteiger partial charge is 0.354 e. The van der Waals surface area contributed by atoms with E-state index in [-0.39, 0.29) is 18.1 Å². The molecule has 108 valence electrons. The normalized spacial score (nSPS) is 9.95. The Balaban J connectivity index is 1.93. The lowest BCUT2D eigenvalue weighted by Gasteiger charge is -2.07. The van der Waals surface area contributed by atoms with Crippen molar-refractivity contribution in [2.45, 2.75) is 0 Å². The zero-order valence-electron chi connectivity index (χ0n) is 10.7. The number of hydrogen-bond donors (Lipinski definition) is 2. The number of carboxylic acid groups (broad SMARTS) is 1. The maximum atomic E-state index is 11.7. The molecule has 1 aromatic heterocycles. The predicted octanol–water partition coefficient (Wildman–Crippen LogP) is 2.45. The van der Waals surface area contributed by atoms with Gasteiger partial charge in [-0.2, -0.15) is 0 Å². The molecular formula is C14H11ClN2O4. The maximum absolute atomic E-state index is 11.7. The summed E-state index contributed by atoms with van der Waals surface area (Å²) in [5.74, 6) is -1.01. The molecule has 0 aliphatic rings. The highest BCUT2D eigenvalue weighted by Crippen LogP contribution is 2.17. The molecule has 7 heteroatoms. The molecule has 1 heterocycles. The van der Waals surface area contributed by atoms with Gasteiger partial charge in [-0.05, 0) is 30.3 Å². The average Bonchev–Trinajstić information content (AvgIpc) is 2.45. The molecule has 0 saturated carbocycles. The van der Waals surface area contributed by atoms with Crippen molar-refractivity contribution in [1.29, 1.82) is 0 Å². The molecule has 0 atom stereocenters. The standard InChI is InChI=1S/C14H11ClN2O4/c15-9-3-1-4-10(7-9)21-8-13(18)17-12-6-2-5-11(16-12)14(19)20/h1-7H,8H2,(H,19,20)(H,16,17,18). The first-order valence-corrected chi connectivity index (χ1v) is 6.31. The molecule has 6 nitrogen and oxygen atoms in total. The van der Waals surface area contributed by atoms with Crippen molar-refractivity contribution >= 4 is 29.3 Å². The number of carboxylic acids is 1. The third kappa shape index (κ3) is 4.47. The summed E-state index contributed by atoms with van der Waals surface area (Å²) in [6, 6.07) is 11.0. The van der Waals surface area contributed by atoms with E-state index in [2.05, 4.69) is 10.3 Å². The van der Waals surface area contributed by atoms with Crippen LogP contribution in [0.1, 0.15) is 10.5 Å². The molecule has 2 N–H and O–H groups in total. The summed E-state index contributed by atoms with van der Waals surface area (Å²) < 4.78 is 5.26. The minimum absolute atomic E-state index is 0.148. The Bertz CT molecular complexity index is 676. The molecule has 0 saturated heterocycles. The Hall–Kier alpha value is -2.60. The molecule has 2 rings (SSSR count). The van der Waals surface area contributed by atoms with E-state index in [1.807, 2.05) is 0 Å². The van der Waals surface area contributed by atoms with Crippen LogP contribution in [0.4, 0.5) is 5.82 Å². The van der Waals surface area contributed by atoms with E-state index in [0.29, 0.717) is 10.8 Å². The molecule has 0 bridgehead atoms. The second-order valence-electron chi connectivity index (χ2n) is 4.01. The van der Waals surface area contributed by atoms with Crippen LogP contribution < -0.4 is 10.1 Å². The van der Waals surface area contributed by atoms with Gasteiger partial charge < -0.3 is 15.2 Å². The number of ether oxygens (including phenoxy) is 1. The largest absolute Gasteiger partial charge is 0.484 e. The summed E-state index contributed by atoms with van der Waals surface area (Å²) in [6.07, 6.45) is 0. The van der Waals surface area contributed by atoms with Crippen molar-refractivity contribution < 1.29 is 19.4 Å².